The monoisotopic (exact) mass is 625 g/mol. The number of nitrogens with one attached hydrogen (secondary N) is 1. The van der Waals surface area contributed by atoms with E-state index in [4.69, 9.17) is 18.9 Å². The van der Waals surface area contributed by atoms with Gasteiger partial charge in [0.2, 0.25) is 5.82 Å². The second-order valence-corrected chi connectivity index (χ2v) is 10.7. The molecule has 45 heavy (non-hydrogen) atoms. The number of allylic oxidation sites excluding steroid dienone is 3. The van der Waals surface area contributed by atoms with Gasteiger partial charge in [0, 0.05) is 49.6 Å². The summed E-state index contributed by atoms with van der Waals surface area (Å²) < 4.78 is 48.3. The number of para-hydroxylation sites is 3. The number of anilines is 1. The van der Waals surface area contributed by atoms with Crippen LogP contribution in [0, 0.1) is 0 Å². The number of hydrogen-bond acceptors (Lipinski definition) is 11. The largest absolute Gasteiger partial charge is 0.513 e. The molecule has 0 amide bonds. The first-order valence-electron chi connectivity index (χ1n) is 14.7. The molecule has 2 aromatic carbocycles. The number of aryl methyl sites for hydroxylation is 1. The predicted octanol–water partition coefficient (Wildman–Crippen LogP) is 4.54. The number of halogens is 2. The fourth-order valence-electron chi connectivity index (χ4n) is 5.68. The molecule has 1 atom stereocenters. The predicted molar refractivity (Wildman–Crippen MR) is 162 cm³/mol. The van der Waals surface area contributed by atoms with E-state index in [1.54, 1.807) is 46.2 Å². The maximum Gasteiger partial charge on any atom is 0.513 e. The van der Waals surface area contributed by atoms with Crippen LogP contribution in [0.1, 0.15) is 37.6 Å². The van der Waals surface area contributed by atoms with Crippen LogP contribution in [0.15, 0.2) is 65.7 Å². The summed E-state index contributed by atoms with van der Waals surface area (Å²) in [6.45, 7) is 4.82. The molecule has 3 heterocycles. The molecule has 2 aliphatic heterocycles. The number of dihydropyridines is 1. The molecular weight excluding hydrogens is 588 g/mol. The van der Waals surface area contributed by atoms with E-state index in [0.717, 1.165) is 44.2 Å². The lowest BCUT2D eigenvalue weighted by Crippen LogP contribution is -2.46. The van der Waals surface area contributed by atoms with Crippen molar-refractivity contribution in [2.75, 3.05) is 51.3 Å². The zero-order chi connectivity index (χ0) is 31.9. The van der Waals surface area contributed by atoms with Gasteiger partial charge < -0.3 is 29.2 Å². The van der Waals surface area contributed by atoms with E-state index in [1.807, 2.05) is 18.2 Å². The second kappa shape index (κ2) is 14.4. The van der Waals surface area contributed by atoms with E-state index in [2.05, 4.69) is 36.6 Å². The number of benzene rings is 2. The summed E-state index contributed by atoms with van der Waals surface area (Å²) in [5.74, 6) is 0.325. The molecule has 2 aliphatic rings. The Bertz CT molecular complexity index is 1550. The van der Waals surface area contributed by atoms with Crippen LogP contribution in [-0.2, 0) is 16.5 Å². The van der Waals surface area contributed by atoms with Crippen LogP contribution < -0.4 is 19.7 Å². The van der Waals surface area contributed by atoms with Crippen LogP contribution in [0.5, 0.6) is 11.5 Å². The van der Waals surface area contributed by atoms with Crippen molar-refractivity contribution in [2.24, 2.45) is 7.05 Å². The molecule has 3 aromatic rings. The third-order valence-corrected chi connectivity index (χ3v) is 7.72. The van der Waals surface area contributed by atoms with Gasteiger partial charge in [-0.15, -0.1) is 10.2 Å². The molecule has 14 heteroatoms. The van der Waals surface area contributed by atoms with Crippen molar-refractivity contribution in [3.63, 3.8) is 0 Å². The van der Waals surface area contributed by atoms with Gasteiger partial charge in [-0.25, -0.2) is 4.79 Å². The van der Waals surface area contributed by atoms with Crippen molar-refractivity contribution in [1.82, 2.24) is 30.4 Å². The fourth-order valence-corrected chi connectivity index (χ4v) is 5.68. The van der Waals surface area contributed by atoms with E-state index in [-0.39, 0.29) is 23.9 Å². The summed E-state index contributed by atoms with van der Waals surface area (Å²) in [5.41, 5.74) is 3.06. The van der Waals surface area contributed by atoms with E-state index < -0.39 is 18.7 Å². The van der Waals surface area contributed by atoms with Crippen molar-refractivity contribution >= 4 is 17.4 Å². The number of carbonyl (C=O) groups is 1. The van der Waals surface area contributed by atoms with Crippen molar-refractivity contribution < 1.29 is 32.5 Å². The highest BCUT2D eigenvalue weighted by molar-refractivity contribution is 5.77. The Hall–Kier alpha value is -4.72. The number of nitrogens with zero attached hydrogens (tertiary/aromatic N) is 6. The minimum absolute atomic E-state index is 0.0679. The number of piperazine rings is 1. The molecule has 12 nitrogen and oxygen atoms in total. The number of methoxy groups -OCH3 is 1. The summed E-state index contributed by atoms with van der Waals surface area (Å²) in [6.07, 6.45) is -0.294. The SMILES string of the molecule is COc1ccccc1N1CCN(CCCOC(=O)OC2=C(C)NC(C)=C(c3nnn(C)n3)C2c2ccccc2OC(F)F)CC1. The zero-order valence-electron chi connectivity index (χ0n) is 25.7. The summed E-state index contributed by atoms with van der Waals surface area (Å²) in [7, 11) is 3.29. The van der Waals surface area contributed by atoms with Crippen molar-refractivity contribution in [2.45, 2.75) is 32.8 Å². The van der Waals surface area contributed by atoms with Crippen molar-refractivity contribution in [1.29, 1.82) is 0 Å². The molecular formula is C31H37F2N7O5. The maximum absolute atomic E-state index is 13.4. The van der Waals surface area contributed by atoms with Gasteiger partial charge in [-0.3, -0.25) is 4.90 Å². The van der Waals surface area contributed by atoms with Gasteiger partial charge in [-0.05, 0) is 43.7 Å². The number of alkyl halides is 2. The molecule has 240 valence electrons. The Balaban J connectivity index is 1.22. The third kappa shape index (κ3) is 7.51. The van der Waals surface area contributed by atoms with Crippen LogP contribution >= 0.6 is 0 Å². The topological polar surface area (TPSA) is 116 Å². The molecule has 0 spiro atoms. The van der Waals surface area contributed by atoms with E-state index in [1.165, 1.54) is 10.9 Å². The minimum atomic E-state index is -3.06. The minimum Gasteiger partial charge on any atom is -0.495 e. The summed E-state index contributed by atoms with van der Waals surface area (Å²) in [5, 5.41) is 15.6. The lowest BCUT2D eigenvalue weighted by Gasteiger charge is -2.36. The second-order valence-electron chi connectivity index (χ2n) is 10.7. The lowest BCUT2D eigenvalue weighted by molar-refractivity contribution is -0.0506. The normalized spacial score (nSPS) is 17.4. The first kappa shape index (κ1) is 31.7. The molecule has 0 saturated carbocycles. The van der Waals surface area contributed by atoms with Gasteiger partial charge in [0.25, 0.3) is 0 Å². The highest BCUT2D eigenvalue weighted by atomic mass is 19.3. The Morgan fingerprint density at radius 2 is 1.73 bits per heavy atom. The van der Waals surface area contributed by atoms with Gasteiger partial charge in [-0.2, -0.15) is 13.6 Å². The Labute approximate surface area is 260 Å². The van der Waals surface area contributed by atoms with Crippen molar-refractivity contribution in [3.05, 3.63) is 77.1 Å². The Morgan fingerprint density at radius 3 is 2.42 bits per heavy atom. The molecule has 1 unspecified atom stereocenters. The van der Waals surface area contributed by atoms with E-state index in [9.17, 15) is 13.6 Å². The number of hydrogen-bond donors (Lipinski definition) is 1. The highest BCUT2D eigenvalue weighted by Gasteiger charge is 2.37. The summed E-state index contributed by atoms with van der Waals surface area (Å²) in [6, 6.07) is 14.3. The molecule has 1 saturated heterocycles. The van der Waals surface area contributed by atoms with Crippen molar-refractivity contribution in [3.8, 4) is 11.5 Å². The van der Waals surface area contributed by atoms with Gasteiger partial charge >= 0.3 is 12.8 Å². The fraction of sp³-hybridized carbons (Fsp3) is 0.419. The van der Waals surface area contributed by atoms with E-state index in [0.29, 0.717) is 29.0 Å². The molecule has 0 aliphatic carbocycles. The average Bonchev–Trinajstić information content (AvgIpc) is 3.46. The molecule has 5 rings (SSSR count). The third-order valence-electron chi connectivity index (χ3n) is 7.72. The Morgan fingerprint density at radius 1 is 1.02 bits per heavy atom. The highest BCUT2D eigenvalue weighted by Crippen LogP contribution is 2.45. The Kier molecular flexibility index (Phi) is 10.1. The average molecular weight is 626 g/mol. The number of rotatable bonds is 11. The number of ether oxygens (including phenoxy) is 4. The lowest BCUT2D eigenvalue weighted by atomic mass is 9.84. The van der Waals surface area contributed by atoms with Crippen LogP contribution in [0.3, 0.4) is 0 Å². The molecule has 1 N–H and O–H groups in total. The first-order valence-corrected chi connectivity index (χ1v) is 14.7. The van der Waals surface area contributed by atoms with E-state index >= 15 is 0 Å². The number of tetrazole rings is 1. The smallest absolute Gasteiger partial charge is 0.495 e. The number of carbonyl (C=O) groups excluding carboxylic acids is 1. The van der Waals surface area contributed by atoms with Crippen LogP contribution in [0.2, 0.25) is 0 Å². The van der Waals surface area contributed by atoms with Gasteiger partial charge in [-0.1, -0.05) is 30.3 Å². The zero-order valence-corrected chi connectivity index (χ0v) is 25.7. The molecule has 0 bridgehead atoms. The van der Waals surface area contributed by atoms with Crippen LogP contribution in [0.4, 0.5) is 19.3 Å². The molecule has 0 radical (unpaired) electrons. The maximum atomic E-state index is 13.4. The van der Waals surface area contributed by atoms with Crippen LogP contribution in [-0.4, -0.2) is 84.3 Å². The van der Waals surface area contributed by atoms with Gasteiger partial charge in [0.05, 0.1) is 38.1 Å². The van der Waals surface area contributed by atoms with Gasteiger partial charge in [0.1, 0.15) is 17.3 Å². The number of aromatic nitrogens is 4. The van der Waals surface area contributed by atoms with Gasteiger partial charge in [0.15, 0.2) is 0 Å². The standard InChI is InChI=1S/C31H37F2N7O5/c1-20-26(29-35-37-38(3)36-29)27(22-10-5-7-12-24(22)44-30(32)33)28(21(2)34-20)45-31(41)43-19-9-14-39-15-17-40(18-16-39)23-11-6-8-13-25(23)42-4/h5-8,10-13,27,30,34H,9,14-19H2,1-4H3. The quantitative estimate of drug-likeness (QED) is 0.239. The summed E-state index contributed by atoms with van der Waals surface area (Å²) in [4.78, 5) is 18.9. The summed E-state index contributed by atoms with van der Waals surface area (Å²) >= 11 is 0. The molecule has 1 fully saturated rings. The van der Waals surface area contributed by atoms with Crippen LogP contribution in [0.25, 0.3) is 5.57 Å². The first-order chi connectivity index (χ1) is 21.7. The molecule has 1 aromatic heterocycles.